The molecule has 0 aromatic carbocycles. The van der Waals surface area contributed by atoms with Crippen LogP contribution in [0.15, 0.2) is 23.3 Å². The zero-order valence-electron chi connectivity index (χ0n) is 4.72. The fraction of sp³-hybridized carbons (Fsp3) is 0.333. The second-order valence-electron chi connectivity index (χ2n) is 1.98. The fourth-order valence-corrected chi connectivity index (χ4v) is 0.669. The molecule has 0 unspecified atom stereocenters. The van der Waals surface area contributed by atoms with Crippen LogP contribution in [0.5, 0.6) is 0 Å². The summed E-state index contributed by atoms with van der Waals surface area (Å²) in [5, 5.41) is 0. The smallest absolute Gasteiger partial charge is 0.107 e. The summed E-state index contributed by atoms with van der Waals surface area (Å²) in [7, 11) is 5.46. The van der Waals surface area contributed by atoms with Crippen LogP contribution in [-0.4, -0.2) is 7.85 Å². The van der Waals surface area contributed by atoms with E-state index in [0.29, 0.717) is 0 Å². The predicted octanol–water partition coefficient (Wildman–Crippen LogP) is 0.675. The lowest BCUT2D eigenvalue weighted by Gasteiger charge is -2.06. The van der Waals surface area contributed by atoms with Crippen molar-refractivity contribution in [2.75, 3.05) is 0 Å². The quantitative estimate of drug-likeness (QED) is 0.450. The van der Waals surface area contributed by atoms with E-state index < -0.39 is 0 Å². The standard InChI is InChI=1S/C6H8BN/c7-5-1-3-6(8)4-2-5/h1,3H,2,4,8H2. The van der Waals surface area contributed by atoms with E-state index in [0.717, 1.165) is 24.0 Å². The van der Waals surface area contributed by atoms with E-state index in [1.54, 1.807) is 0 Å². The highest BCUT2D eigenvalue weighted by Gasteiger charge is 1.96. The van der Waals surface area contributed by atoms with Gasteiger partial charge in [-0.05, 0) is 18.9 Å². The van der Waals surface area contributed by atoms with Crippen molar-refractivity contribution < 1.29 is 0 Å². The largest absolute Gasteiger partial charge is 0.402 e. The zero-order valence-corrected chi connectivity index (χ0v) is 4.72. The molecule has 2 heteroatoms. The minimum Gasteiger partial charge on any atom is -0.402 e. The lowest BCUT2D eigenvalue weighted by Crippen LogP contribution is -2.00. The number of nitrogens with two attached hydrogens (primary N) is 1. The highest BCUT2D eigenvalue weighted by atomic mass is 14.6. The van der Waals surface area contributed by atoms with E-state index in [2.05, 4.69) is 0 Å². The topological polar surface area (TPSA) is 26.0 Å². The lowest BCUT2D eigenvalue weighted by molar-refractivity contribution is 0.930. The third-order valence-corrected chi connectivity index (χ3v) is 1.21. The van der Waals surface area contributed by atoms with E-state index >= 15 is 0 Å². The summed E-state index contributed by atoms with van der Waals surface area (Å²) >= 11 is 0. The second kappa shape index (κ2) is 2.08. The molecular weight excluding hydrogens is 96.9 g/mol. The molecule has 0 aliphatic heterocycles. The Hall–Kier alpha value is -0.655. The van der Waals surface area contributed by atoms with Gasteiger partial charge >= 0.3 is 0 Å². The van der Waals surface area contributed by atoms with E-state index in [1.807, 2.05) is 12.2 Å². The molecule has 8 heavy (non-hydrogen) atoms. The third-order valence-electron chi connectivity index (χ3n) is 1.21. The van der Waals surface area contributed by atoms with E-state index in [4.69, 9.17) is 13.6 Å². The summed E-state index contributed by atoms with van der Waals surface area (Å²) in [6, 6.07) is 0. The maximum Gasteiger partial charge on any atom is 0.107 e. The van der Waals surface area contributed by atoms with Crippen LogP contribution in [0.25, 0.3) is 0 Å². The van der Waals surface area contributed by atoms with Gasteiger partial charge in [0.25, 0.3) is 0 Å². The van der Waals surface area contributed by atoms with Gasteiger partial charge < -0.3 is 5.73 Å². The van der Waals surface area contributed by atoms with Crippen molar-refractivity contribution in [2.24, 2.45) is 5.73 Å². The SMILES string of the molecule is [B]C1=CC=C(N)CC1. The van der Waals surface area contributed by atoms with Gasteiger partial charge in [0.05, 0.1) is 0 Å². The third kappa shape index (κ3) is 1.16. The monoisotopic (exact) mass is 105 g/mol. The Morgan fingerprint density at radius 1 is 1.38 bits per heavy atom. The summed E-state index contributed by atoms with van der Waals surface area (Å²) < 4.78 is 0. The molecular formula is C6H8BN. The number of hydrogen-bond acceptors (Lipinski definition) is 1. The van der Waals surface area contributed by atoms with Gasteiger partial charge in [-0.3, -0.25) is 0 Å². The lowest BCUT2D eigenvalue weighted by atomic mass is 9.87. The Kier molecular flexibility index (Phi) is 1.42. The van der Waals surface area contributed by atoms with Gasteiger partial charge in [-0.25, -0.2) is 0 Å². The Morgan fingerprint density at radius 2 is 2.12 bits per heavy atom. The van der Waals surface area contributed by atoms with Crippen LogP contribution in [0.2, 0.25) is 0 Å². The molecule has 0 fully saturated rings. The first-order chi connectivity index (χ1) is 3.79. The molecule has 0 bridgehead atoms. The molecule has 0 saturated heterocycles. The van der Waals surface area contributed by atoms with Crippen LogP contribution in [-0.2, 0) is 0 Å². The van der Waals surface area contributed by atoms with Gasteiger partial charge in [-0.15, -0.1) is 5.47 Å². The Balaban J connectivity index is 2.65. The molecule has 1 nitrogen and oxygen atoms in total. The van der Waals surface area contributed by atoms with Gasteiger partial charge in [-0.1, -0.05) is 6.08 Å². The molecule has 0 aromatic heterocycles. The molecule has 0 atom stereocenters. The highest BCUT2D eigenvalue weighted by molar-refractivity contribution is 6.21. The molecule has 2 radical (unpaired) electrons. The minimum absolute atomic E-state index is 0.919. The molecule has 0 heterocycles. The van der Waals surface area contributed by atoms with E-state index in [9.17, 15) is 0 Å². The van der Waals surface area contributed by atoms with Crippen LogP contribution in [0.3, 0.4) is 0 Å². The molecule has 0 saturated carbocycles. The Morgan fingerprint density at radius 3 is 2.50 bits per heavy atom. The van der Waals surface area contributed by atoms with Gasteiger partial charge in [0.1, 0.15) is 7.85 Å². The van der Waals surface area contributed by atoms with Gasteiger partial charge in [0.2, 0.25) is 0 Å². The average Bonchev–Trinajstić information content (AvgIpc) is 1.77. The Bertz CT molecular complexity index is 129. The minimum atomic E-state index is 0.919. The fourth-order valence-electron chi connectivity index (χ4n) is 0.669. The summed E-state index contributed by atoms with van der Waals surface area (Å²) in [5.41, 5.74) is 7.32. The predicted molar refractivity (Wildman–Crippen MR) is 35.3 cm³/mol. The molecule has 1 rings (SSSR count). The van der Waals surface area contributed by atoms with Crippen LogP contribution in [0, 0.1) is 0 Å². The summed E-state index contributed by atoms with van der Waals surface area (Å²) in [5.74, 6) is 0. The number of hydrogen-bond donors (Lipinski definition) is 1. The molecule has 40 valence electrons. The first kappa shape index (κ1) is 5.48. The number of allylic oxidation sites excluding steroid dienone is 4. The van der Waals surface area contributed by atoms with E-state index in [-0.39, 0.29) is 0 Å². The van der Waals surface area contributed by atoms with Crippen molar-refractivity contribution in [3.63, 3.8) is 0 Å². The maximum atomic E-state index is 5.46. The molecule has 0 amide bonds. The van der Waals surface area contributed by atoms with Crippen LogP contribution in [0.1, 0.15) is 12.8 Å². The van der Waals surface area contributed by atoms with Crippen LogP contribution in [0.4, 0.5) is 0 Å². The second-order valence-corrected chi connectivity index (χ2v) is 1.98. The highest BCUT2D eigenvalue weighted by Crippen LogP contribution is 2.10. The maximum absolute atomic E-state index is 5.46. The molecule has 1 aliphatic carbocycles. The first-order valence-electron chi connectivity index (χ1n) is 2.70. The van der Waals surface area contributed by atoms with Crippen molar-refractivity contribution in [1.29, 1.82) is 0 Å². The number of rotatable bonds is 0. The first-order valence-corrected chi connectivity index (χ1v) is 2.70. The van der Waals surface area contributed by atoms with Crippen molar-refractivity contribution in [2.45, 2.75) is 12.8 Å². The molecule has 0 aromatic rings. The van der Waals surface area contributed by atoms with Crippen LogP contribution >= 0.6 is 0 Å². The van der Waals surface area contributed by atoms with Crippen molar-refractivity contribution >= 4 is 7.85 Å². The van der Waals surface area contributed by atoms with Crippen molar-refractivity contribution in [3.8, 4) is 0 Å². The summed E-state index contributed by atoms with van der Waals surface area (Å²) in [6.07, 6.45) is 5.56. The van der Waals surface area contributed by atoms with Crippen LogP contribution < -0.4 is 5.73 Å². The van der Waals surface area contributed by atoms with Crippen molar-refractivity contribution in [3.05, 3.63) is 23.3 Å². The summed E-state index contributed by atoms with van der Waals surface area (Å²) in [4.78, 5) is 0. The zero-order chi connectivity index (χ0) is 5.98. The molecule has 1 aliphatic rings. The average molecular weight is 105 g/mol. The van der Waals surface area contributed by atoms with Gasteiger partial charge in [-0.2, -0.15) is 0 Å². The van der Waals surface area contributed by atoms with Crippen molar-refractivity contribution in [1.82, 2.24) is 0 Å². The van der Waals surface area contributed by atoms with Gasteiger partial charge in [0.15, 0.2) is 0 Å². The van der Waals surface area contributed by atoms with E-state index in [1.165, 1.54) is 0 Å². The normalized spacial score (nSPS) is 19.5. The molecule has 0 spiro atoms. The molecule has 2 N–H and O–H groups in total. The summed E-state index contributed by atoms with van der Waals surface area (Å²) in [6.45, 7) is 0. The van der Waals surface area contributed by atoms with Gasteiger partial charge in [0, 0.05) is 5.70 Å². The Labute approximate surface area is 50.7 Å².